The molecule has 3 rings (SSSR count). The fourth-order valence-electron chi connectivity index (χ4n) is 2.74. The van der Waals surface area contributed by atoms with Crippen molar-refractivity contribution in [3.63, 3.8) is 0 Å². The standard InChI is InChI=1S/C22H24N2O6S2/c1-4-16(12-25)29-18-9-15(21(26)24-22-23-14(2)13-31-22)10-19(11-18)30-17-5-7-20(8-6-17)32(3,27)28/h5-11,13,16,25H,4,12H2,1-3H3,(H,23,24,26). The maximum absolute atomic E-state index is 12.8. The third-order valence-electron chi connectivity index (χ3n) is 4.43. The van der Waals surface area contributed by atoms with Crippen molar-refractivity contribution in [2.75, 3.05) is 18.2 Å². The normalized spacial score (nSPS) is 12.2. The van der Waals surface area contributed by atoms with Crippen LogP contribution in [0.4, 0.5) is 5.13 Å². The highest BCUT2D eigenvalue weighted by molar-refractivity contribution is 7.90. The van der Waals surface area contributed by atoms with Crippen LogP contribution < -0.4 is 14.8 Å². The summed E-state index contributed by atoms with van der Waals surface area (Å²) < 4.78 is 35.0. The number of sulfone groups is 1. The van der Waals surface area contributed by atoms with Gasteiger partial charge in [-0.2, -0.15) is 0 Å². The Morgan fingerprint density at radius 1 is 1.16 bits per heavy atom. The van der Waals surface area contributed by atoms with Crippen molar-refractivity contribution < 1.29 is 27.8 Å². The summed E-state index contributed by atoms with van der Waals surface area (Å²) in [6, 6.07) is 10.7. The highest BCUT2D eigenvalue weighted by Crippen LogP contribution is 2.30. The lowest BCUT2D eigenvalue weighted by Gasteiger charge is -2.17. The van der Waals surface area contributed by atoms with Gasteiger partial charge in [0.25, 0.3) is 5.91 Å². The lowest BCUT2D eigenvalue weighted by molar-refractivity contribution is 0.102. The SMILES string of the molecule is CCC(CO)Oc1cc(Oc2ccc(S(C)(=O)=O)cc2)cc(C(=O)Nc2nc(C)cs2)c1. The molecular weight excluding hydrogens is 452 g/mol. The number of aliphatic hydroxyl groups excluding tert-OH is 1. The lowest BCUT2D eigenvalue weighted by atomic mass is 10.2. The van der Waals surface area contributed by atoms with E-state index in [1.165, 1.54) is 35.6 Å². The van der Waals surface area contributed by atoms with Crippen LogP contribution in [0.3, 0.4) is 0 Å². The molecule has 3 aromatic rings. The molecule has 1 heterocycles. The number of anilines is 1. The zero-order valence-corrected chi connectivity index (χ0v) is 19.5. The third-order valence-corrected chi connectivity index (χ3v) is 6.44. The first-order valence-electron chi connectivity index (χ1n) is 9.82. The minimum atomic E-state index is -3.32. The topological polar surface area (TPSA) is 115 Å². The first-order valence-corrected chi connectivity index (χ1v) is 12.6. The molecule has 1 amide bonds. The number of ether oxygens (including phenoxy) is 2. The zero-order chi connectivity index (χ0) is 23.3. The number of hydrogen-bond donors (Lipinski definition) is 2. The number of hydrogen-bond acceptors (Lipinski definition) is 8. The van der Waals surface area contributed by atoms with Gasteiger partial charge < -0.3 is 14.6 Å². The Kier molecular flexibility index (Phi) is 7.49. The number of aromatic nitrogens is 1. The smallest absolute Gasteiger partial charge is 0.257 e. The molecule has 0 radical (unpaired) electrons. The minimum Gasteiger partial charge on any atom is -0.488 e. The maximum Gasteiger partial charge on any atom is 0.257 e. The molecule has 170 valence electrons. The summed E-state index contributed by atoms with van der Waals surface area (Å²) in [7, 11) is -3.32. The van der Waals surface area contributed by atoms with E-state index in [0.29, 0.717) is 28.8 Å². The van der Waals surface area contributed by atoms with Gasteiger partial charge in [0.15, 0.2) is 15.0 Å². The van der Waals surface area contributed by atoms with Crippen molar-refractivity contribution in [2.24, 2.45) is 0 Å². The van der Waals surface area contributed by atoms with Crippen LogP contribution in [0.1, 0.15) is 29.4 Å². The van der Waals surface area contributed by atoms with Crippen LogP contribution in [-0.2, 0) is 9.84 Å². The maximum atomic E-state index is 12.8. The summed E-state index contributed by atoms with van der Waals surface area (Å²) in [4.78, 5) is 17.2. The molecule has 0 aliphatic rings. The van der Waals surface area contributed by atoms with E-state index in [4.69, 9.17) is 9.47 Å². The van der Waals surface area contributed by atoms with Gasteiger partial charge in [0.1, 0.15) is 23.4 Å². The molecule has 0 spiro atoms. The number of nitrogens with one attached hydrogen (secondary N) is 1. The van der Waals surface area contributed by atoms with Gasteiger partial charge >= 0.3 is 0 Å². The van der Waals surface area contributed by atoms with E-state index in [1.807, 2.05) is 19.2 Å². The van der Waals surface area contributed by atoms with Crippen LogP contribution in [0, 0.1) is 6.92 Å². The summed E-state index contributed by atoms with van der Waals surface area (Å²) in [6.45, 7) is 3.54. The van der Waals surface area contributed by atoms with Gasteiger partial charge in [-0.3, -0.25) is 10.1 Å². The quantitative estimate of drug-likeness (QED) is 0.479. The van der Waals surface area contributed by atoms with Gasteiger partial charge in [-0.05, 0) is 49.7 Å². The van der Waals surface area contributed by atoms with E-state index >= 15 is 0 Å². The van der Waals surface area contributed by atoms with Gasteiger partial charge in [-0.15, -0.1) is 11.3 Å². The number of benzene rings is 2. The number of thiazole rings is 1. The van der Waals surface area contributed by atoms with Gasteiger partial charge in [0.2, 0.25) is 0 Å². The van der Waals surface area contributed by atoms with Crippen molar-refractivity contribution in [3.8, 4) is 17.2 Å². The fraction of sp³-hybridized carbons (Fsp3) is 0.273. The second-order valence-corrected chi connectivity index (χ2v) is 9.99. The highest BCUT2D eigenvalue weighted by Gasteiger charge is 2.15. The Bertz CT molecular complexity index is 1190. The average molecular weight is 477 g/mol. The number of aryl methyl sites for hydroxylation is 1. The molecule has 32 heavy (non-hydrogen) atoms. The molecular formula is C22H24N2O6S2. The Labute approximate surface area is 190 Å². The van der Waals surface area contributed by atoms with E-state index in [9.17, 15) is 18.3 Å². The summed E-state index contributed by atoms with van der Waals surface area (Å²) in [5.74, 6) is 0.685. The lowest BCUT2D eigenvalue weighted by Crippen LogP contribution is -2.20. The largest absolute Gasteiger partial charge is 0.488 e. The number of carbonyl (C=O) groups excluding carboxylic acids is 1. The number of aliphatic hydroxyl groups is 1. The third kappa shape index (κ3) is 6.28. The number of nitrogens with zero attached hydrogens (tertiary/aromatic N) is 1. The first kappa shape index (κ1) is 23.7. The van der Waals surface area contributed by atoms with E-state index in [0.717, 1.165) is 11.9 Å². The average Bonchev–Trinajstić information content (AvgIpc) is 3.16. The van der Waals surface area contributed by atoms with Gasteiger partial charge in [-0.1, -0.05) is 6.92 Å². The molecule has 1 aromatic heterocycles. The predicted molar refractivity (Wildman–Crippen MR) is 123 cm³/mol. The zero-order valence-electron chi connectivity index (χ0n) is 17.9. The van der Waals surface area contributed by atoms with Crippen molar-refractivity contribution in [1.82, 2.24) is 4.98 Å². The Balaban J connectivity index is 1.89. The van der Waals surface area contributed by atoms with Gasteiger partial charge in [0, 0.05) is 23.3 Å². The Morgan fingerprint density at radius 3 is 2.41 bits per heavy atom. The minimum absolute atomic E-state index is 0.172. The molecule has 0 aliphatic carbocycles. The second kappa shape index (κ2) is 10.1. The molecule has 0 aliphatic heterocycles. The number of amides is 1. The molecule has 0 saturated heterocycles. The monoisotopic (exact) mass is 476 g/mol. The first-order chi connectivity index (χ1) is 15.2. The molecule has 0 saturated carbocycles. The van der Waals surface area contributed by atoms with Crippen LogP contribution in [0.15, 0.2) is 52.7 Å². The molecule has 2 aromatic carbocycles. The van der Waals surface area contributed by atoms with Gasteiger partial charge in [-0.25, -0.2) is 13.4 Å². The summed E-state index contributed by atoms with van der Waals surface area (Å²) in [5.41, 5.74) is 1.09. The van der Waals surface area contributed by atoms with Crippen LogP contribution in [0.5, 0.6) is 17.2 Å². The van der Waals surface area contributed by atoms with Crippen molar-refractivity contribution >= 4 is 32.2 Å². The molecule has 10 heteroatoms. The van der Waals surface area contributed by atoms with Crippen LogP contribution >= 0.6 is 11.3 Å². The van der Waals surface area contributed by atoms with Crippen molar-refractivity contribution in [2.45, 2.75) is 31.3 Å². The van der Waals surface area contributed by atoms with E-state index < -0.39 is 15.9 Å². The summed E-state index contributed by atoms with van der Waals surface area (Å²) in [5, 5.41) is 14.5. The summed E-state index contributed by atoms with van der Waals surface area (Å²) in [6.07, 6.45) is 1.27. The molecule has 2 N–H and O–H groups in total. The fourth-order valence-corrected chi connectivity index (χ4v) is 4.06. The molecule has 1 atom stereocenters. The van der Waals surface area contributed by atoms with Crippen LogP contribution in [0.25, 0.3) is 0 Å². The summed E-state index contributed by atoms with van der Waals surface area (Å²) >= 11 is 1.32. The predicted octanol–water partition coefficient (Wildman–Crippen LogP) is 4.05. The number of rotatable bonds is 9. The van der Waals surface area contributed by atoms with Crippen molar-refractivity contribution in [1.29, 1.82) is 0 Å². The Hall–Kier alpha value is -2.95. The molecule has 8 nitrogen and oxygen atoms in total. The van der Waals surface area contributed by atoms with E-state index in [-0.39, 0.29) is 23.0 Å². The Morgan fingerprint density at radius 2 is 1.84 bits per heavy atom. The van der Waals surface area contributed by atoms with Crippen LogP contribution in [-0.4, -0.2) is 43.4 Å². The second-order valence-electron chi connectivity index (χ2n) is 7.12. The van der Waals surface area contributed by atoms with Crippen molar-refractivity contribution in [3.05, 3.63) is 59.1 Å². The van der Waals surface area contributed by atoms with Gasteiger partial charge in [0.05, 0.1) is 17.2 Å². The highest BCUT2D eigenvalue weighted by atomic mass is 32.2. The van der Waals surface area contributed by atoms with E-state index in [1.54, 1.807) is 18.2 Å². The van der Waals surface area contributed by atoms with E-state index in [2.05, 4.69) is 10.3 Å². The number of carbonyl (C=O) groups is 1. The van der Waals surface area contributed by atoms with Crippen LogP contribution in [0.2, 0.25) is 0 Å². The molecule has 1 unspecified atom stereocenters. The molecule has 0 bridgehead atoms. The molecule has 0 fully saturated rings.